The minimum atomic E-state index is -5.40. The lowest BCUT2D eigenvalue weighted by atomic mass is 9.96. The fraction of sp³-hybridized carbons (Fsp3) is 0.958. The Kier molecular flexibility index (Phi) is 15.4. The summed E-state index contributed by atoms with van der Waals surface area (Å²) in [7, 11) is -5.40. The van der Waals surface area contributed by atoms with E-state index in [-0.39, 0.29) is 0 Å². The van der Waals surface area contributed by atoms with Gasteiger partial charge in [0.25, 0.3) is 0 Å². The smallest absolute Gasteiger partial charge is 0.394 e. The van der Waals surface area contributed by atoms with Crippen molar-refractivity contribution in [2.24, 2.45) is 0 Å². The molecule has 3 saturated heterocycles. The fourth-order valence-electron chi connectivity index (χ4n) is 5.28. The summed E-state index contributed by atoms with van der Waals surface area (Å²) in [5.41, 5.74) is 0. The van der Waals surface area contributed by atoms with Crippen molar-refractivity contribution < 1.29 is 108 Å². The Hall–Kier alpha value is -1.10. The van der Waals surface area contributed by atoms with E-state index in [4.69, 9.17) is 32.9 Å². The molecule has 0 aromatic heterocycles. The van der Waals surface area contributed by atoms with E-state index in [1.54, 1.807) is 0 Å². The van der Waals surface area contributed by atoms with Gasteiger partial charge in [-0.1, -0.05) is 0 Å². The van der Waals surface area contributed by atoms with E-state index in [0.29, 0.717) is 0 Å². The van der Waals surface area contributed by atoms with Crippen LogP contribution < -0.4 is 5.32 Å². The number of aliphatic hydroxyl groups is 11. The molecule has 0 aliphatic carbocycles. The van der Waals surface area contributed by atoms with Gasteiger partial charge in [-0.2, -0.15) is 0 Å². The first-order valence-electron chi connectivity index (χ1n) is 14.6. The van der Waals surface area contributed by atoms with E-state index in [0.717, 1.165) is 6.92 Å². The van der Waals surface area contributed by atoms with Crippen molar-refractivity contribution in [3.05, 3.63) is 0 Å². The molecule has 0 radical (unpaired) electrons. The van der Waals surface area contributed by atoms with Crippen molar-refractivity contribution in [2.75, 3.05) is 33.0 Å². The highest BCUT2D eigenvalue weighted by molar-refractivity contribution is 7.46. The molecule has 282 valence electrons. The molecule has 3 rings (SSSR count). The topological polar surface area (TPSA) is 374 Å². The second-order valence-electron chi connectivity index (χ2n) is 11.3. The number of hydrogen-bond acceptors (Lipinski definition) is 20. The van der Waals surface area contributed by atoms with Crippen LogP contribution in [0.3, 0.4) is 0 Å². The lowest BCUT2D eigenvalue weighted by Gasteiger charge is -2.47. The van der Waals surface area contributed by atoms with Gasteiger partial charge >= 0.3 is 7.82 Å². The Bertz CT molecular complexity index is 1050. The minimum absolute atomic E-state index is 0.785. The van der Waals surface area contributed by atoms with Crippen LogP contribution in [0.4, 0.5) is 0 Å². The highest BCUT2D eigenvalue weighted by atomic mass is 31.2. The van der Waals surface area contributed by atoms with Crippen LogP contribution in [-0.2, 0) is 42.3 Å². The van der Waals surface area contributed by atoms with E-state index in [1.165, 1.54) is 0 Å². The number of carbonyl (C=O) groups is 1. The summed E-state index contributed by atoms with van der Waals surface area (Å²) in [6.45, 7) is -3.38. The number of phosphoric acid groups is 1. The average Bonchev–Trinajstić information content (AvgIpc) is 3.03. The van der Waals surface area contributed by atoms with Gasteiger partial charge in [0.2, 0.25) is 5.91 Å². The van der Waals surface area contributed by atoms with Crippen molar-refractivity contribution in [1.82, 2.24) is 5.32 Å². The van der Waals surface area contributed by atoms with Crippen LogP contribution in [-0.4, -0.2) is 209 Å². The average molecular weight is 730 g/mol. The monoisotopic (exact) mass is 729 g/mol. The van der Waals surface area contributed by atoms with E-state index in [9.17, 15) is 75.3 Å². The van der Waals surface area contributed by atoms with Crippen LogP contribution in [0, 0.1) is 0 Å². The van der Waals surface area contributed by atoms with Gasteiger partial charge in [-0.3, -0.25) is 9.32 Å². The summed E-state index contributed by atoms with van der Waals surface area (Å²) < 4.78 is 49.3. The lowest BCUT2D eigenvalue weighted by molar-refractivity contribution is -0.363. The largest absolute Gasteiger partial charge is 0.470 e. The zero-order chi connectivity index (χ0) is 36.1. The Morgan fingerprint density at radius 2 is 1.33 bits per heavy atom. The molecule has 0 aromatic carbocycles. The molecule has 0 spiro atoms. The van der Waals surface area contributed by atoms with Gasteiger partial charge < -0.3 is 99.7 Å². The summed E-state index contributed by atoms with van der Waals surface area (Å²) in [4.78, 5) is 30.8. The van der Waals surface area contributed by atoms with E-state index in [1.807, 2.05) is 0 Å². The molecule has 17 atom stereocenters. The second kappa shape index (κ2) is 17.9. The Morgan fingerprint density at radius 1 is 0.750 bits per heavy atom. The molecule has 0 aromatic rings. The lowest BCUT2D eigenvalue weighted by Crippen LogP contribution is -2.67. The predicted octanol–water partition coefficient (Wildman–Crippen LogP) is -8.57. The highest BCUT2D eigenvalue weighted by Gasteiger charge is 2.53. The van der Waals surface area contributed by atoms with Crippen molar-refractivity contribution in [3.63, 3.8) is 0 Å². The molecular weight excluding hydrogens is 685 g/mol. The number of nitrogens with one attached hydrogen (secondary N) is 1. The maximum Gasteiger partial charge on any atom is 0.470 e. The third-order valence-corrected chi connectivity index (χ3v) is 8.31. The van der Waals surface area contributed by atoms with Crippen LogP contribution in [0.2, 0.25) is 0 Å². The molecule has 1 amide bonds. The van der Waals surface area contributed by atoms with Crippen LogP contribution in [0.1, 0.15) is 6.92 Å². The minimum Gasteiger partial charge on any atom is -0.394 e. The second-order valence-corrected chi connectivity index (χ2v) is 12.5. The fourth-order valence-corrected chi connectivity index (χ4v) is 5.85. The molecular formula is C24H44NO22P. The summed E-state index contributed by atoms with van der Waals surface area (Å²) in [5.74, 6) is -0.785. The van der Waals surface area contributed by atoms with E-state index < -0.39 is 151 Å². The third-order valence-electron chi connectivity index (χ3n) is 7.79. The maximum atomic E-state index is 11.9. The normalized spacial score (nSPS) is 42.2. The van der Waals surface area contributed by atoms with Crippen LogP contribution in [0.5, 0.6) is 0 Å². The maximum absolute atomic E-state index is 11.9. The Morgan fingerprint density at radius 3 is 1.88 bits per heavy atom. The van der Waals surface area contributed by atoms with Crippen molar-refractivity contribution >= 4 is 13.7 Å². The van der Waals surface area contributed by atoms with Gasteiger partial charge in [-0.15, -0.1) is 0 Å². The zero-order valence-corrected chi connectivity index (χ0v) is 26.2. The number of ether oxygens (including phenoxy) is 6. The molecule has 14 N–H and O–H groups in total. The molecule has 23 nitrogen and oxygen atoms in total. The van der Waals surface area contributed by atoms with Gasteiger partial charge in [-0.05, 0) is 0 Å². The first-order chi connectivity index (χ1) is 22.5. The van der Waals surface area contributed by atoms with Gasteiger partial charge in [-0.25, -0.2) is 4.57 Å². The number of aliphatic hydroxyl groups excluding tert-OH is 11. The molecule has 0 bridgehead atoms. The van der Waals surface area contributed by atoms with Crippen molar-refractivity contribution in [1.29, 1.82) is 0 Å². The molecule has 48 heavy (non-hydrogen) atoms. The van der Waals surface area contributed by atoms with Crippen LogP contribution in [0.25, 0.3) is 0 Å². The SMILES string of the molecule is CC(=O)N[C@H]1[C@@H](O[C@H](CO)[C@H](O)CO)O[C@H](CO[C@@H]2O[C@H](CO)[C@@H](O[C@@H]3O[C@H](CO)[C@H](O)[C@H](O)[C@H]3O)[C@H](O)[C@H]2O)[C@@H](OP(=O)(O)O)[C@@H]1O. The summed E-state index contributed by atoms with van der Waals surface area (Å²) in [5, 5.41) is 113. The molecule has 0 unspecified atom stereocenters. The standard InChI is InChI=1S/C24H44NO22P/c1-7(30)25-13-15(33)21(47-48(38,39)40)12(45-22(13)42-9(3-27)8(31)2-26)6-41-23-19(37)17(35)20(11(5-29)44-23)46-24-18(36)16(34)14(32)10(4-28)43-24/h8-24,26-29,31-37H,2-6H2,1H3,(H,25,30)(H2,38,39,40)/t8-,9-,10-,11-,12-,13-,14+,15-,16+,17-,18-,19-,20-,21-,22+,23-,24+/m1/s1. The third kappa shape index (κ3) is 10.0. The zero-order valence-electron chi connectivity index (χ0n) is 25.3. The summed E-state index contributed by atoms with van der Waals surface area (Å²) in [6, 6.07) is -1.65. The van der Waals surface area contributed by atoms with E-state index >= 15 is 0 Å². The first-order valence-corrected chi connectivity index (χ1v) is 16.1. The van der Waals surface area contributed by atoms with Crippen LogP contribution in [0.15, 0.2) is 0 Å². The number of amides is 1. The van der Waals surface area contributed by atoms with Crippen molar-refractivity contribution in [2.45, 2.75) is 111 Å². The van der Waals surface area contributed by atoms with Crippen molar-refractivity contribution in [3.8, 4) is 0 Å². The highest BCUT2D eigenvalue weighted by Crippen LogP contribution is 2.42. The molecule has 24 heteroatoms. The van der Waals surface area contributed by atoms with E-state index in [2.05, 4.69) is 5.32 Å². The van der Waals surface area contributed by atoms with Crippen LogP contribution >= 0.6 is 7.82 Å². The number of carbonyl (C=O) groups excluding carboxylic acids is 1. The summed E-state index contributed by atoms with van der Waals surface area (Å²) in [6.07, 6.45) is -28.7. The molecule has 3 aliphatic heterocycles. The van der Waals surface area contributed by atoms with Gasteiger partial charge in [0.05, 0.1) is 33.0 Å². The molecule has 3 heterocycles. The van der Waals surface area contributed by atoms with Gasteiger partial charge in [0, 0.05) is 6.92 Å². The van der Waals surface area contributed by atoms with Gasteiger partial charge in [0.1, 0.15) is 85.4 Å². The first kappa shape index (κ1) is 41.3. The number of phosphoric ester groups is 1. The van der Waals surface area contributed by atoms with Gasteiger partial charge in [0.15, 0.2) is 18.9 Å². The quantitative estimate of drug-likeness (QED) is 0.0696. The Labute approximate surface area is 271 Å². The Balaban J connectivity index is 1.80. The molecule has 3 fully saturated rings. The predicted molar refractivity (Wildman–Crippen MR) is 147 cm³/mol. The summed E-state index contributed by atoms with van der Waals surface area (Å²) >= 11 is 0. The molecule has 3 aliphatic rings. The molecule has 0 saturated carbocycles. The number of hydrogen-bond donors (Lipinski definition) is 14. The number of rotatable bonds is 15.